The lowest BCUT2D eigenvalue weighted by Gasteiger charge is -2.23. The molecule has 0 atom stereocenters. The summed E-state index contributed by atoms with van der Waals surface area (Å²) in [6, 6.07) is 6.66. The highest BCUT2D eigenvalue weighted by Crippen LogP contribution is 2.21. The Kier molecular flexibility index (Phi) is 8.49. The van der Waals surface area contributed by atoms with Crippen LogP contribution in [0.25, 0.3) is 0 Å². The van der Waals surface area contributed by atoms with E-state index in [1.54, 1.807) is 31.4 Å². The molecule has 0 saturated heterocycles. The maximum absolute atomic E-state index is 11.9. The van der Waals surface area contributed by atoms with Crippen LogP contribution in [0.3, 0.4) is 0 Å². The summed E-state index contributed by atoms with van der Waals surface area (Å²) in [5.41, 5.74) is 0.722. The molecule has 0 radical (unpaired) electrons. The molecule has 2 amide bonds. The SMILES string of the molecule is COCCCNC(=O)CCN(C(C)=O)c1ccccc1C(=O)OC. The number of anilines is 1. The van der Waals surface area contributed by atoms with Gasteiger partial charge in [0.2, 0.25) is 11.8 Å². The van der Waals surface area contributed by atoms with Gasteiger partial charge in [0.25, 0.3) is 0 Å². The number of amides is 2. The summed E-state index contributed by atoms with van der Waals surface area (Å²) in [6.45, 7) is 2.67. The van der Waals surface area contributed by atoms with E-state index in [9.17, 15) is 14.4 Å². The quantitative estimate of drug-likeness (QED) is 0.544. The van der Waals surface area contributed by atoms with Gasteiger partial charge in [-0.2, -0.15) is 0 Å². The topological polar surface area (TPSA) is 84.9 Å². The molecule has 24 heavy (non-hydrogen) atoms. The van der Waals surface area contributed by atoms with Crippen LogP contribution in [0.1, 0.15) is 30.1 Å². The molecule has 0 aliphatic carbocycles. The van der Waals surface area contributed by atoms with Gasteiger partial charge >= 0.3 is 5.97 Å². The first-order valence-corrected chi connectivity index (χ1v) is 7.72. The third-order valence-corrected chi connectivity index (χ3v) is 3.39. The minimum Gasteiger partial charge on any atom is -0.465 e. The predicted molar refractivity (Wildman–Crippen MR) is 89.9 cm³/mol. The fourth-order valence-electron chi connectivity index (χ4n) is 2.19. The highest BCUT2D eigenvalue weighted by molar-refractivity contribution is 6.02. The predicted octanol–water partition coefficient (Wildman–Crippen LogP) is 1.37. The van der Waals surface area contributed by atoms with Gasteiger partial charge in [0, 0.05) is 40.2 Å². The normalized spacial score (nSPS) is 10.1. The molecule has 132 valence electrons. The molecule has 0 aliphatic heterocycles. The van der Waals surface area contributed by atoms with Crippen LogP contribution in [-0.2, 0) is 19.1 Å². The average molecular weight is 336 g/mol. The van der Waals surface area contributed by atoms with Crippen LogP contribution in [-0.4, -0.2) is 51.7 Å². The van der Waals surface area contributed by atoms with Crippen LogP contribution in [0.15, 0.2) is 24.3 Å². The summed E-state index contributed by atoms with van der Waals surface area (Å²) in [4.78, 5) is 37.1. The molecular formula is C17H24N2O5. The van der Waals surface area contributed by atoms with Crippen molar-refractivity contribution in [2.24, 2.45) is 0 Å². The second kappa shape index (κ2) is 10.4. The average Bonchev–Trinajstić information content (AvgIpc) is 2.58. The Hall–Kier alpha value is -2.41. The van der Waals surface area contributed by atoms with Crippen LogP contribution in [0.5, 0.6) is 0 Å². The van der Waals surface area contributed by atoms with Crippen molar-refractivity contribution in [1.82, 2.24) is 5.32 Å². The Morgan fingerprint density at radius 3 is 2.50 bits per heavy atom. The zero-order valence-corrected chi connectivity index (χ0v) is 14.3. The monoisotopic (exact) mass is 336 g/mol. The number of ether oxygens (including phenoxy) is 2. The van der Waals surface area contributed by atoms with Crippen LogP contribution in [0.4, 0.5) is 5.69 Å². The number of carbonyl (C=O) groups excluding carboxylic acids is 3. The molecule has 7 heteroatoms. The zero-order chi connectivity index (χ0) is 17.9. The van der Waals surface area contributed by atoms with E-state index < -0.39 is 5.97 Å². The molecule has 0 aromatic heterocycles. The lowest BCUT2D eigenvalue weighted by atomic mass is 10.1. The minimum atomic E-state index is -0.527. The van der Waals surface area contributed by atoms with Gasteiger partial charge in [-0.05, 0) is 18.6 Å². The van der Waals surface area contributed by atoms with Gasteiger partial charge in [-0.1, -0.05) is 12.1 Å². The van der Waals surface area contributed by atoms with Gasteiger partial charge in [-0.15, -0.1) is 0 Å². The lowest BCUT2D eigenvalue weighted by Crippen LogP contribution is -2.35. The zero-order valence-electron chi connectivity index (χ0n) is 14.3. The molecule has 0 aliphatic rings. The van der Waals surface area contributed by atoms with Crippen molar-refractivity contribution in [3.05, 3.63) is 29.8 Å². The number of rotatable bonds is 9. The number of para-hydroxylation sites is 1. The van der Waals surface area contributed by atoms with Gasteiger partial charge in [0.05, 0.1) is 18.4 Å². The first-order valence-electron chi connectivity index (χ1n) is 7.72. The van der Waals surface area contributed by atoms with Crippen molar-refractivity contribution in [3.8, 4) is 0 Å². The lowest BCUT2D eigenvalue weighted by molar-refractivity contribution is -0.121. The van der Waals surface area contributed by atoms with E-state index in [0.29, 0.717) is 18.8 Å². The molecule has 0 spiro atoms. The first-order chi connectivity index (χ1) is 11.5. The summed E-state index contributed by atoms with van der Waals surface area (Å²) >= 11 is 0. The van der Waals surface area contributed by atoms with Crippen LogP contribution < -0.4 is 10.2 Å². The van der Waals surface area contributed by atoms with Gasteiger partial charge in [0.15, 0.2) is 0 Å². The highest BCUT2D eigenvalue weighted by Gasteiger charge is 2.20. The van der Waals surface area contributed by atoms with E-state index in [2.05, 4.69) is 5.32 Å². The molecule has 7 nitrogen and oxygen atoms in total. The summed E-state index contributed by atoms with van der Waals surface area (Å²) < 4.78 is 9.65. The number of esters is 1. The number of hydrogen-bond acceptors (Lipinski definition) is 5. The number of hydrogen-bond donors (Lipinski definition) is 1. The fraction of sp³-hybridized carbons (Fsp3) is 0.471. The minimum absolute atomic E-state index is 0.141. The van der Waals surface area contributed by atoms with Gasteiger partial charge < -0.3 is 19.7 Å². The number of methoxy groups -OCH3 is 2. The Balaban J connectivity index is 2.74. The van der Waals surface area contributed by atoms with Crippen molar-refractivity contribution in [2.75, 3.05) is 38.8 Å². The molecule has 1 aromatic rings. The molecule has 1 N–H and O–H groups in total. The van der Waals surface area contributed by atoms with Gasteiger partial charge in [0.1, 0.15) is 0 Å². The third kappa shape index (κ3) is 6.00. The number of nitrogens with one attached hydrogen (secondary N) is 1. The Bertz CT molecular complexity index is 574. The van der Waals surface area contributed by atoms with Crippen molar-refractivity contribution in [2.45, 2.75) is 19.8 Å². The maximum atomic E-state index is 11.9. The number of benzene rings is 1. The van der Waals surface area contributed by atoms with Crippen molar-refractivity contribution >= 4 is 23.5 Å². The molecule has 0 saturated carbocycles. The second-order valence-corrected chi connectivity index (χ2v) is 5.13. The number of carbonyl (C=O) groups is 3. The molecular weight excluding hydrogens is 312 g/mol. The standard InChI is InChI=1S/C17H24N2O5/c1-13(20)19(11-9-16(21)18-10-6-12-23-2)15-8-5-4-7-14(15)17(22)24-3/h4-5,7-8H,6,9-12H2,1-3H3,(H,18,21). The Labute approximate surface area is 141 Å². The molecule has 0 fully saturated rings. The number of nitrogens with zero attached hydrogens (tertiary/aromatic N) is 1. The second-order valence-electron chi connectivity index (χ2n) is 5.13. The van der Waals surface area contributed by atoms with E-state index in [1.807, 2.05) is 0 Å². The van der Waals surface area contributed by atoms with Crippen molar-refractivity contribution < 1.29 is 23.9 Å². The van der Waals surface area contributed by atoms with Crippen LogP contribution in [0.2, 0.25) is 0 Å². The van der Waals surface area contributed by atoms with Gasteiger partial charge in [-0.3, -0.25) is 9.59 Å². The smallest absolute Gasteiger partial charge is 0.339 e. The van der Waals surface area contributed by atoms with E-state index in [4.69, 9.17) is 9.47 Å². The summed E-state index contributed by atoms with van der Waals surface area (Å²) in [5.74, 6) is -0.938. The summed E-state index contributed by atoms with van der Waals surface area (Å²) in [7, 11) is 2.88. The molecule has 0 unspecified atom stereocenters. The van der Waals surface area contributed by atoms with E-state index in [0.717, 1.165) is 6.42 Å². The van der Waals surface area contributed by atoms with E-state index in [-0.39, 0.29) is 30.3 Å². The molecule has 1 aromatic carbocycles. The Morgan fingerprint density at radius 2 is 1.88 bits per heavy atom. The largest absolute Gasteiger partial charge is 0.465 e. The third-order valence-electron chi connectivity index (χ3n) is 3.39. The fourth-order valence-corrected chi connectivity index (χ4v) is 2.19. The highest BCUT2D eigenvalue weighted by atomic mass is 16.5. The van der Waals surface area contributed by atoms with Crippen molar-refractivity contribution in [1.29, 1.82) is 0 Å². The van der Waals surface area contributed by atoms with E-state index >= 15 is 0 Å². The molecule has 0 bridgehead atoms. The Morgan fingerprint density at radius 1 is 1.17 bits per heavy atom. The van der Waals surface area contributed by atoms with E-state index in [1.165, 1.54) is 18.9 Å². The first kappa shape index (κ1) is 19.6. The summed E-state index contributed by atoms with van der Waals surface area (Å²) in [5, 5.41) is 2.76. The van der Waals surface area contributed by atoms with Gasteiger partial charge in [-0.25, -0.2) is 4.79 Å². The molecule has 1 rings (SSSR count). The molecule has 0 heterocycles. The maximum Gasteiger partial charge on any atom is 0.339 e. The van der Waals surface area contributed by atoms with Crippen LogP contribution >= 0.6 is 0 Å². The van der Waals surface area contributed by atoms with Crippen molar-refractivity contribution in [3.63, 3.8) is 0 Å². The summed E-state index contributed by atoms with van der Waals surface area (Å²) in [6.07, 6.45) is 0.867. The van der Waals surface area contributed by atoms with Crippen LogP contribution in [0, 0.1) is 0 Å².